The molecule has 0 aromatic carbocycles. The van der Waals surface area contributed by atoms with Crippen LogP contribution < -0.4 is 5.84 Å². The van der Waals surface area contributed by atoms with Crippen LogP contribution in [0.1, 0.15) is 25.5 Å². The van der Waals surface area contributed by atoms with Crippen LogP contribution in [0.15, 0.2) is 21.9 Å². The summed E-state index contributed by atoms with van der Waals surface area (Å²) < 4.78 is 45.0. The highest BCUT2D eigenvalue weighted by Gasteiger charge is 2.40. The summed E-state index contributed by atoms with van der Waals surface area (Å²) >= 11 is 0.958. The standard InChI is InChI=1S/C16H20F3N5O2S/c1-9(11-3-4-11)23(8-16(17,18)19)13(25)7-27-15-22-21-14(24(15)20)12-5-6-26-10(12)2/h5-6,9,11H,3-4,7-8,20H2,1-2H3/t9-/m0/s1. The topological polar surface area (TPSA) is 90.2 Å². The molecule has 0 radical (unpaired) electrons. The van der Waals surface area contributed by atoms with Crippen molar-refractivity contribution < 1.29 is 22.4 Å². The molecule has 1 amide bonds. The van der Waals surface area contributed by atoms with Gasteiger partial charge in [-0.2, -0.15) is 13.2 Å². The Labute approximate surface area is 158 Å². The number of rotatable bonds is 7. The molecule has 2 heterocycles. The summed E-state index contributed by atoms with van der Waals surface area (Å²) in [6.07, 6.45) is -1.26. The van der Waals surface area contributed by atoms with Crippen LogP contribution in [0.25, 0.3) is 11.4 Å². The fourth-order valence-corrected chi connectivity index (χ4v) is 3.61. The Morgan fingerprint density at radius 2 is 2.19 bits per heavy atom. The van der Waals surface area contributed by atoms with E-state index in [0.717, 1.165) is 29.5 Å². The second-order valence-electron chi connectivity index (χ2n) is 6.57. The lowest BCUT2D eigenvalue weighted by molar-refractivity contribution is -0.164. The summed E-state index contributed by atoms with van der Waals surface area (Å²) in [5, 5.41) is 8.14. The minimum Gasteiger partial charge on any atom is -0.469 e. The van der Waals surface area contributed by atoms with Gasteiger partial charge >= 0.3 is 6.18 Å². The zero-order valence-corrected chi connectivity index (χ0v) is 15.7. The third-order valence-electron chi connectivity index (χ3n) is 4.55. The number of aryl methyl sites for hydroxylation is 1. The predicted octanol–water partition coefficient (Wildman–Crippen LogP) is 2.84. The number of furan rings is 1. The van der Waals surface area contributed by atoms with Crippen LogP contribution in [0.2, 0.25) is 0 Å². The van der Waals surface area contributed by atoms with Crippen LogP contribution in [0, 0.1) is 12.8 Å². The number of alkyl halides is 3. The monoisotopic (exact) mass is 403 g/mol. The number of amides is 1. The first-order chi connectivity index (χ1) is 12.7. The number of hydrogen-bond acceptors (Lipinski definition) is 6. The first-order valence-electron chi connectivity index (χ1n) is 8.41. The highest BCUT2D eigenvalue weighted by atomic mass is 32.2. The number of carbonyl (C=O) groups is 1. The van der Waals surface area contributed by atoms with Crippen LogP contribution in [-0.2, 0) is 4.79 Å². The van der Waals surface area contributed by atoms with E-state index in [-0.39, 0.29) is 16.8 Å². The van der Waals surface area contributed by atoms with Gasteiger partial charge in [-0.05, 0) is 38.7 Å². The molecule has 1 atom stereocenters. The number of nitrogens with zero attached hydrogens (tertiary/aromatic N) is 4. The molecule has 11 heteroatoms. The molecule has 0 saturated heterocycles. The molecule has 1 fully saturated rings. The summed E-state index contributed by atoms with van der Waals surface area (Å²) in [7, 11) is 0. The van der Waals surface area contributed by atoms with E-state index in [4.69, 9.17) is 10.3 Å². The zero-order valence-electron chi connectivity index (χ0n) is 14.9. The highest BCUT2D eigenvalue weighted by Crippen LogP contribution is 2.36. The normalized spacial score (nSPS) is 15.7. The average Bonchev–Trinajstić information content (AvgIpc) is 3.27. The van der Waals surface area contributed by atoms with Gasteiger partial charge in [0.25, 0.3) is 0 Å². The lowest BCUT2D eigenvalue weighted by Gasteiger charge is -2.30. The van der Waals surface area contributed by atoms with Crippen molar-refractivity contribution in [2.75, 3.05) is 18.1 Å². The summed E-state index contributed by atoms with van der Waals surface area (Å²) in [4.78, 5) is 13.4. The fraction of sp³-hybridized carbons (Fsp3) is 0.562. The molecule has 2 aromatic heterocycles. The molecule has 1 aliphatic rings. The Morgan fingerprint density at radius 3 is 2.74 bits per heavy atom. The van der Waals surface area contributed by atoms with E-state index in [1.54, 1.807) is 19.9 Å². The third kappa shape index (κ3) is 4.57. The van der Waals surface area contributed by atoms with Crippen LogP contribution >= 0.6 is 11.8 Å². The summed E-state index contributed by atoms with van der Waals surface area (Å²) in [5.74, 6) is 6.27. The van der Waals surface area contributed by atoms with E-state index in [9.17, 15) is 18.0 Å². The second-order valence-corrected chi connectivity index (χ2v) is 7.51. The van der Waals surface area contributed by atoms with Gasteiger partial charge in [0.2, 0.25) is 11.1 Å². The maximum absolute atomic E-state index is 12.9. The van der Waals surface area contributed by atoms with Crippen LogP contribution in [-0.4, -0.2) is 50.2 Å². The lowest BCUT2D eigenvalue weighted by atomic mass is 10.2. The smallest absolute Gasteiger partial charge is 0.406 e. The van der Waals surface area contributed by atoms with Crippen molar-refractivity contribution in [1.82, 2.24) is 19.8 Å². The molecule has 0 unspecified atom stereocenters. The minimum atomic E-state index is -4.44. The molecule has 7 nitrogen and oxygen atoms in total. The van der Waals surface area contributed by atoms with Gasteiger partial charge in [-0.1, -0.05) is 11.8 Å². The third-order valence-corrected chi connectivity index (χ3v) is 5.48. The highest BCUT2D eigenvalue weighted by molar-refractivity contribution is 7.99. The predicted molar refractivity (Wildman–Crippen MR) is 93.3 cm³/mol. The second kappa shape index (κ2) is 7.45. The van der Waals surface area contributed by atoms with Gasteiger partial charge in [0.05, 0.1) is 17.6 Å². The summed E-state index contributed by atoms with van der Waals surface area (Å²) in [6, 6.07) is 1.24. The minimum absolute atomic E-state index is 0.134. The first kappa shape index (κ1) is 19.6. The maximum atomic E-state index is 12.9. The van der Waals surface area contributed by atoms with E-state index in [1.807, 2.05) is 0 Å². The number of hydrogen-bond donors (Lipinski definition) is 1. The molecule has 1 saturated carbocycles. The van der Waals surface area contributed by atoms with Gasteiger partial charge in [-0.3, -0.25) is 4.79 Å². The fourth-order valence-electron chi connectivity index (χ4n) is 2.87. The van der Waals surface area contributed by atoms with E-state index >= 15 is 0 Å². The molecule has 0 spiro atoms. The molecule has 1 aliphatic carbocycles. The maximum Gasteiger partial charge on any atom is 0.406 e. The molecule has 2 N–H and O–H groups in total. The zero-order chi connectivity index (χ0) is 19.8. The van der Waals surface area contributed by atoms with Gasteiger partial charge < -0.3 is 15.2 Å². The number of carbonyl (C=O) groups excluding carboxylic acids is 1. The quantitative estimate of drug-likeness (QED) is 0.565. The molecule has 27 heavy (non-hydrogen) atoms. The first-order valence-corrected chi connectivity index (χ1v) is 9.40. The van der Waals surface area contributed by atoms with Crippen LogP contribution in [0.3, 0.4) is 0 Å². The van der Waals surface area contributed by atoms with Crippen molar-refractivity contribution in [2.24, 2.45) is 5.92 Å². The molecule has 148 valence electrons. The van der Waals surface area contributed by atoms with E-state index < -0.39 is 24.7 Å². The van der Waals surface area contributed by atoms with Gasteiger partial charge in [0.1, 0.15) is 12.3 Å². The van der Waals surface area contributed by atoms with Crippen LogP contribution in [0.4, 0.5) is 13.2 Å². The van der Waals surface area contributed by atoms with Gasteiger partial charge in [-0.25, -0.2) is 4.68 Å². The van der Waals surface area contributed by atoms with Gasteiger partial charge in [-0.15, -0.1) is 10.2 Å². The van der Waals surface area contributed by atoms with Crippen molar-refractivity contribution in [1.29, 1.82) is 0 Å². The molecular weight excluding hydrogens is 383 g/mol. The summed E-state index contributed by atoms with van der Waals surface area (Å²) in [6.45, 7) is 2.16. The largest absolute Gasteiger partial charge is 0.469 e. The van der Waals surface area contributed by atoms with Crippen molar-refractivity contribution in [2.45, 2.75) is 44.1 Å². The van der Waals surface area contributed by atoms with Crippen molar-refractivity contribution in [3.05, 3.63) is 18.1 Å². The van der Waals surface area contributed by atoms with Gasteiger partial charge in [0, 0.05) is 6.04 Å². The molecule has 3 rings (SSSR count). The number of aromatic nitrogens is 3. The Balaban J connectivity index is 1.68. The van der Waals surface area contributed by atoms with Gasteiger partial charge in [0.15, 0.2) is 5.82 Å². The van der Waals surface area contributed by atoms with Crippen molar-refractivity contribution >= 4 is 17.7 Å². The van der Waals surface area contributed by atoms with Crippen molar-refractivity contribution in [3.63, 3.8) is 0 Å². The van der Waals surface area contributed by atoms with Crippen LogP contribution in [0.5, 0.6) is 0 Å². The molecule has 0 bridgehead atoms. The Hall–Kier alpha value is -2.17. The number of thioether (sulfide) groups is 1. The number of halogens is 3. The summed E-state index contributed by atoms with van der Waals surface area (Å²) in [5.41, 5.74) is 0.657. The average molecular weight is 403 g/mol. The Bertz CT molecular complexity index is 815. The molecular formula is C16H20F3N5O2S. The Morgan fingerprint density at radius 1 is 1.48 bits per heavy atom. The van der Waals surface area contributed by atoms with Crippen molar-refractivity contribution in [3.8, 4) is 11.4 Å². The number of nitrogen functional groups attached to an aromatic ring is 1. The SMILES string of the molecule is Cc1occc1-c1nnc(SCC(=O)N(CC(F)(F)F)[C@@H](C)C2CC2)n1N. The Kier molecular flexibility index (Phi) is 5.41. The van der Waals surface area contributed by atoms with E-state index in [2.05, 4.69) is 10.2 Å². The van der Waals surface area contributed by atoms with E-state index in [1.165, 1.54) is 10.9 Å². The molecule has 2 aromatic rings. The lowest BCUT2D eigenvalue weighted by Crippen LogP contribution is -2.46. The molecule has 0 aliphatic heterocycles. The van der Waals surface area contributed by atoms with E-state index in [0.29, 0.717) is 17.1 Å². The number of nitrogens with two attached hydrogens (primary N) is 1.